The van der Waals surface area contributed by atoms with E-state index in [1.807, 2.05) is 32.0 Å². The summed E-state index contributed by atoms with van der Waals surface area (Å²) < 4.78 is 1.83. The molecule has 1 N–H and O–H groups in total. The highest BCUT2D eigenvalue weighted by Gasteiger charge is 2.14. The van der Waals surface area contributed by atoms with Crippen molar-refractivity contribution >= 4 is 56.0 Å². The molecule has 0 bridgehead atoms. The predicted octanol–water partition coefficient (Wildman–Crippen LogP) is 4.05. The van der Waals surface area contributed by atoms with Gasteiger partial charge in [0.05, 0.1) is 10.9 Å². The lowest BCUT2D eigenvalue weighted by molar-refractivity contribution is 0.0951. The summed E-state index contributed by atoms with van der Waals surface area (Å²) in [5, 5.41) is 2.80. The summed E-state index contributed by atoms with van der Waals surface area (Å²) in [4.78, 5) is 11.9. The first-order valence-corrected chi connectivity index (χ1v) is 7.60. The standard InChI is InChI=1S/C12H14BrClINO/c1-7(2)11(14)6-16-12(17)9-5-8(15)3-4-10(9)13/h3-5,7,11H,6H2,1-2H3,(H,16,17). The van der Waals surface area contributed by atoms with Crippen LogP contribution in [0, 0.1) is 9.49 Å². The smallest absolute Gasteiger partial charge is 0.252 e. The van der Waals surface area contributed by atoms with Gasteiger partial charge in [0.2, 0.25) is 0 Å². The normalized spacial score (nSPS) is 12.6. The quantitative estimate of drug-likeness (QED) is 0.567. The van der Waals surface area contributed by atoms with Crippen LogP contribution in [0.2, 0.25) is 0 Å². The molecule has 0 aliphatic rings. The number of alkyl halides is 1. The fraction of sp³-hybridized carbons (Fsp3) is 0.417. The molecule has 0 aliphatic carbocycles. The van der Waals surface area contributed by atoms with Gasteiger partial charge in [0.25, 0.3) is 5.91 Å². The Balaban J connectivity index is 2.67. The summed E-state index contributed by atoms with van der Waals surface area (Å²) in [5.74, 6) is 0.248. The van der Waals surface area contributed by atoms with Gasteiger partial charge in [0.15, 0.2) is 0 Å². The minimum Gasteiger partial charge on any atom is -0.351 e. The molecule has 0 spiro atoms. The van der Waals surface area contributed by atoms with E-state index < -0.39 is 0 Å². The molecule has 17 heavy (non-hydrogen) atoms. The van der Waals surface area contributed by atoms with Gasteiger partial charge >= 0.3 is 0 Å². The molecule has 0 aliphatic heterocycles. The van der Waals surface area contributed by atoms with Crippen LogP contribution < -0.4 is 5.32 Å². The van der Waals surface area contributed by atoms with Crippen LogP contribution in [0.15, 0.2) is 22.7 Å². The lowest BCUT2D eigenvalue weighted by Gasteiger charge is -2.14. The molecular formula is C12H14BrClINO. The van der Waals surface area contributed by atoms with E-state index in [0.717, 1.165) is 8.04 Å². The van der Waals surface area contributed by atoms with Crippen molar-refractivity contribution in [3.05, 3.63) is 31.8 Å². The van der Waals surface area contributed by atoms with Gasteiger partial charge in [-0.15, -0.1) is 11.6 Å². The lowest BCUT2D eigenvalue weighted by Crippen LogP contribution is -2.32. The largest absolute Gasteiger partial charge is 0.351 e. The zero-order valence-corrected chi connectivity index (χ0v) is 14.1. The van der Waals surface area contributed by atoms with Gasteiger partial charge in [-0.1, -0.05) is 13.8 Å². The van der Waals surface area contributed by atoms with E-state index in [2.05, 4.69) is 43.8 Å². The number of hydrogen-bond acceptors (Lipinski definition) is 1. The van der Waals surface area contributed by atoms with E-state index in [9.17, 15) is 4.79 Å². The zero-order chi connectivity index (χ0) is 13.0. The fourth-order valence-electron chi connectivity index (χ4n) is 1.19. The molecule has 0 aromatic heterocycles. The van der Waals surface area contributed by atoms with Crippen LogP contribution in [0.3, 0.4) is 0 Å². The highest BCUT2D eigenvalue weighted by molar-refractivity contribution is 14.1. The minimum absolute atomic E-state index is 0.0412. The Hall–Kier alpha value is 0.190. The monoisotopic (exact) mass is 429 g/mol. The van der Waals surface area contributed by atoms with Crippen molar-refractivity contribution in [2.24, 2.45) is 5.92 Å². The first-order chi connectivity index (χ1) is 7.91. The Morgan fingerprint density at radius 1 is 1.53 bits per heavy atom. The maximum atomic E-state index is 11.9. The van der Waals surface area contributed by atoms with Crippen LogP contribution in [0.1, 0.15) is 24.2 Å². The predicted molar refractivity (Wildman–Crippen MR) is 83.7 cm³/mol. The average Bonchev–Trinajstić information content (AvgIpc) is 2.28. The second-order valence-corrected chi connectivity index (χ2v) is 6.75. The van der Waals surface area contributed by atoms with Crippen molar-refractivity contribution in [3.8, 4) is 0 Å². The van der Waals surface area contributed by atoms with Crippen molar-refractivity contribution in [2.75, 3.05) is 6.54 Å². The van der Waals surface area contributed by atoms with E-state index in [0.29, 0.717) is 18.0 Å². The van der Waals surface area contributed by atoms with Gasteiger partial charge in [0, 0.05) is 14.6 Å². The number of rotatable bonds is 4. The maximum absolute atomic E-state index is 11.9. The van der Waals surface area contributed by atoms with Crippen LogP contribution in [0.5, 0.6) is 0 Å². The molecule has 94 valence electrons. The van der Waals surface area contributed by atoms with Gasteiger partial charge in [-0.05, 0) is 62.6 Å². The Kier molecular flexibility index (Phi) is 6.23. The van der Waals surface area contributed by atoms with Crippen LogP contribution >= 0.6 is 50.1 Å². The number of carbonyl (C=O) groups is 1. The number of carbonyl (C=O) groups excluding carboxylic acids is 1. The summed E-state index contributed by atoms with van der Waals surface area (Å²) in [6.45, 7) is 4.55. The van der Waals surface area contributed by atoms with Gasteiger partial charge in [-0.25, -0.2) is 0 Å². The topological polar surface area (TPSA) is 29.1 Å². The van der Waals surface area contributed by atoms with Crippen molar-refractivity contribution in [1.82, 2.24) is 5.32 Å². The molecule has 0 saturated heterocycles. The number of nitrogens with one attached hydrogen (secondary N) is 1. The molecule has 0 fully saturated rings. The second kappa shape index (κ2) is 6.95. The second-order valence-electron chi connectivity index (χ2n) is 4.09. The first-order valence-electron chi connectivity index (χ1n) is 5.29. The van der Waals surface area contributed by atoms with Crippen LogP contribution in [0.4, 0.5) is 0 Å². The average molecular weight is 431 g/mol. The molecule has 0 radical (unpaired) electrons. The van der Waals surface area contributed by atoms with E-state index in [-0.39, 0.29) is 11.3 Å². The van der Waals surface area contributed by atoms with Gasteiger partial charge in [0.1, 0.15) is 0 Å². The SMILES string of the molecule is CC(C)C(Cl)CNC(=O)c1cc(I)ccc1Br. The lowest BCUT2D eigenvalue weighted by atomic mass is 10.1. The molecule has 0 saturated carbocycles. The molecule has 2 nitrogen and oxygen atoms in total. The Morgan fingerprint density at radius 2 is 2.18 bits per heavy atom. The van der Waals surface area contributed by atoms with E-state index in [4.69, 9.17) is 11.6 Å². The Morgan fingerprint density at radius 3 is 2.76 bits per heavy atom. The third-order valence-electron chi connectivity index (χ3n) is 2.35. The third kappa shape index (κ3) is 4.75. The zero-order valence-electron chi connectivity index (χ0n) is 9.64. The summed E-state index contributed by atoms with van der Waals surface area (Å²) in [6.07, 6.45) is 0. The minimum atomic E-state index is -0.0957. The van der Waals surface area contributed by atoms with E-state index in [1.165, 1.54) is 0 Å². The highest BCUT2D eigenvalue weighted by Crippen LogP contribution is 2.19. The first kappa shape index (κ1) is 15.2. The highest BCUT2D eigenvalue weighted by atomic mass is 127. The third-order valence-corrected chi connectivity index (χ3v) is 4.37. The van der Waals surface area contributed by atoms with Crippen LogP contribution in [0.25, 0.3) is 0 Å². The number of benzene rings is 1. The Bertz CT molecular complexity index is 411. The summed E-state index contributed by atoms with van der Waals surface area (Å²) in [6, 6.07) is 5.66. The van der Waals surface area contributed by atoms with Gasteiger partial charge < -0.3 is 5.32 Å². The van der Waals surface area contributed by atoms with Crippen LogP contribution in [-0.2, 0) is 0 Å². The molecule has 1 rings (SSSR count). The fourth-order valence-corrected chi connectivity index (χ4v) is 2.19. The number of hydrogen-bond donors (Lipinski definition) is 1. The summed E-state index contributed by atoms with van der Waals surface area (Å²) >= 11 is 11.6. The van der Waals surface area contributed by atoms with Gasteiger partial charge in [-0.2, -0.15) is 0 Å². The molecule has 1 aromatic carbocycles. The maximum Gasteiger partial charge on any atom is 0.252 e. The van der Waals surface area contributed by atoms with Crippen molar-refractivity contribution in [2.45, 2.75) is 19.2 Å². The van der Waals surface area contributed by atoms with Crippen molar-refractivity contribution in [3.63, 3.8) is 0 Å². The van der Waals surface area contributed by atoms with E-state index in [1.54, 1.807) is 0 Å². The van der Waals surface area contributed by atoms with Crippen molar-refractivity contribution < 1.29 is 4.79 Å². The molecule has 1 atom stereocenters. The summed E-state index contributed by atoms with van der Waals surface area (Å²) in [5.41, 5.74) is 0.643. The molecule has 1 aromatic rings. The Labute approximate surface area is 129 Å². The molecule has 0 heterocycles. The van der Waals surface area contributed by atoms with E-state index >= 15 is 0 Å². The number of amides is 1. The summed E-state index contributed by atoms with van der Waals surface area (Å²) in [7, 11) is 0. The molecular weight excluding hydrogens is 416 g/mol. The molecule has 1 unspecified atom stereocenters. The molecule has 1 amide bonds. The molecule has 5 heteroatoms. The van der Waals surface area contributed by atoms with Crippen molar-refractivity contribution in [1.29, 1.82) is 0 Å². The van der Waals surface area contributed by atoms with Gasteiger partial charge in [-0.3, -0.25) is 4.79 Å². The number of halogens is 3. The van der Waals surface area contributed by atoms with Crippen LogP contribution in [-0.4, -0.2) is 17.8 Å².